The first-order valence-electron chi connectivity index (χ1n) is 9.16. The van der Waals surface area contributed by atoms with Gasteiger partial charge in [-0.2, -0.15) is 0 Å². The summed E-state index contributed by atoms with van der Waals surface area (Å²) in [5, 5.41) is 5.09. The average molecular weight is 438 g/mol. The van der Waals surface area contributed by atoms with Crippen molar-refractivity contribution < 1.29 is 9.53 Å². The summed E-state index contributed by atoms with van der Waals surface area (Å²) in [7, 11) is 0. The molecule has 1 atom stereocenters. The van der Waals surface area contributed by atoms with Crippen molar-refractivity contribution in [3.8, 4) is 5.75 Å². The fourth-order valence-corrected chi connectivity index (χ4v) is 3.48. The number of carbonyl (C=O) groups is 1. The maximum atomic E-state index is 12.4. The molecule has 0 spiro atoms. The van der Waals surface area contributed by atoms with E-state index in [4.69, 9.17) is 4.74 Å². The Morgan fingerprint density at radius 2 is 1.96 bits per heavy atom. The van der Waals surface area contributed by atoms with Crippen LogP contribution in [0.4, 0.5) is 0 Å². The molecule has 0 saturated carbocycles. The summed E-state index contributed by atoms with van der Waals surface area (Å²) in [6.07, 6.45) is 0.0530. The lowest BCUT2D eigenvalue weighted by atomic mass is 10.1. The molecular formula is C22H20BrN3O2. The van der Waals surface area contributed by atoms with Gasteiger partial charge in [-0.3, -0.25) is 4.79 Å². The van der Waals surface area contributed by atoms with Crippen molar-refractivity contribution in [1.29, 1.82) is 0 Å². The average Bonchev–Trinajstić information content (AvgIpc) is 3.10. The second-order valence-corrected chi connectivity index (χ2v) is 7.57. The standard InChI is InChI=1S/C22H20BrN3O2/c1-14(28-18-9-7-15-6-8-17(23)12-16(15)13-18)22(27)24-11-10-21-25-19-4-2-3-5-20(19)26-21/h2-9,12-14H,10-11H2,1H3,(H,24,27)(H,25,26). The number of halogens is 1. The number of para-hydroxylation sites is 2. The third-order valence-electron chi connectivity index (χ3n) is 4.56. The van der Waals surface area contributed by atoms with Crippen LogP contribution >= 0.6 is 15.9 Å². The van der Waals surface area contributed by atoms with Crippen LogP contribution in [0.1, 0.15) is 12.7 Å². The van der Waals surface area contributed by atoms with Gasteiger partial charge >= 0.3 is 0 Å². The number of nitrogens with zero attached hydrogens (tertiary/aromatic N) is 1. The fraction of sp³-hybridized carbons (Fsp3) is 0.182. The molecule has 5 nitrogen and oxygen atoms in total. The van der Waals surface area contributed by atoms with Gasteiger partial charge < -0.3 is 15.0 Å². The summed E-state index contributed by atoms with van der Waals surface area (Å²) in [5.41, 5.74) is 1.94. The van der Waals surface area contributed by atoms with Crippen molar-refractivity contribution in [3.05, 3.63) is 71.0 Å². The maximum absolute atomic E-state index is 12.4. The zero-order valence-corrected chi connectivity index (χ0v) is 17.0. The topological polar surface area (TPSA) is 67.0 Å². The second-order valence-electron chi connectivity index (χ2n) is 6.66. The van der Waals surface area contributed by atoms with E-state index >= 15 is 0 Å². The highest BCUT2D eigenvalue weighted by Gasteiger charge is 2.14. The molecule has 0 bridgehead atoms. The number of rotatable bonds is 6. The molecule has 1 aromatic heterocycles. The number of fused-ring (bicyclic) bond motifs is 2. The van der Waals surface area contributed by atoms with Crippen molar-refractivity contribution in [2.75, 3.05) is 6.54 Å². The van der Waals surface area contributed by atoms with Gasteiger partial charge in [-0.25, -0.2) is 4.98 Å². The number of nitrogens with one attached hydrogen (secondary N) is 2. The van der Waals surface area contributed by atoms with Crippen molar-refractivity contribution in [1.82, 2.24) is 15.3 Å². The molecule has 0 radical (unpaired) electrons. The van der Waals surface area contributed by atoms with Gasteiger partial charge in [0.25, 0.3) is 5.91 Å². The summed E-state index contributed by atoms with van der Waals surface area (Å²) in [6.45, 7) is 2.25. The third kappa shape index (κ3) is 4.17. The summed E-state index contributed by atoms with van der Waals surface area (Å²) in [4.78, 5) is 20.1. The number of hydrogen-bond acceptors (Lipinski definition) is 3. The minimum atomic E-state index is -0.583. The third-order valence-corrected chi connectivity index (χ3v) is 5.05. The highest BCUT2D eigenvalue weighted by Crippen LogP contribution is 2.24. The van der Waals surface area contributed by atoms with Gasteiger partial charge in [0, 0.05) is 17.4 Å². The minimum Gasteiger partial charge on any atom is -0.481 e. The van der Waals surface area contributed by atoms with E-state index < -0.39 is 6.10 Å². The second kappa shape index (κ2) is 8.02. The van der Waals surface area contributed by atoms with Crippen molar-refractivity contribution >= 4 is 43.6 Å². The first-order valence-corrected chi connectivity index (χ1v) is 9.95. The lowest BCUT2D eigenvalue weighted by molar-refractivity contribution is -0.127. The molecule has 1 heterocycles. The van der Waals surface area contributed by atoms with Gasteiger partial charge in [-0.1, -0.05) is 40.2 Å². The summed E-state index contributed by atoms with van der Waals surface area (Å²) >= 11 is 3.48. The Bertz CT molecular complexity index is 1110. The molecule has 0 fully saturated rings. The van der Waals surface area contributed by atoms with E-state index in [1.807, 2.05) is 60.7 Å². The molecule has 142 valence electrons. The molecule has 0 aliphatic heterocycles. The van der Waals surface area contributed by atoms with Crippen LogP contribution in [0.15, 0.2) is 65.1 Å². The van der Waals surface area contributed by atoms with E-state index in [0.717, 1.165) is 32.1 Å². The largest absolute Gasteiger partial charge is 0.481 e. The summed E-state index contributed by atoms with van der Waals surface area (Å²) in [5.74, 6) is 1.38. The molecule has 0 aliphatic rings. The first kappa shape index (κ1) is 18.5. The quantitative estimate of drug-likeness (QED) is 0.462. The zero-order chi connectivity index (χ0) is 19.5. The number of carbonyl (C=O) groups excluding carboxylic acids is 1. The zero-order valence-electron chi connectivity index (χ0n) is 15.4. The predicted octanol–water partition coefficient (Wildman–Crippen LogP) is 4.60. The van der Waals surface area contributed by atoms with E-state index in [9.17, 15) is 4.79 Å². The Balaban J connectivity index is 1.33. The number of aromatic amines is 1. The van der Waals surface area contributed by atoms with Gasteiger partial charge in [0.05, 0.1) is 11.0 Å². The molecule has 0 aliphatic carbocycles. The molecule has 0 saturated heterocycles. The molecule has 4 aromatic rings. The first-order chi connectivity index (χ1) is 13.6. The van der Waals surface area contributed by atoms with Gasteiger partial charge in [0.15, 0.2) is 6.10 Å². The number of benzene rings is 3. The molecule has 1 amide bonds. The van der Waals surface area contributed by atoms with Gasteiger partial charge in [-0.05, 0) is 54.1 Å². The van der Waals surface area contributed by atoms with Gasteiger partial charge in [-0.15, -0.1) is 0 Å². The fourth-order valence-electron chi connectivity index (χ4n) is 3.10. The molecule has 2 N–H and O–H groups in total. The Morgan fingerprint density at radius 3 is 2.82 bits per heavy atom. The number of imidazole rings is 1. The monoisotopic (exact) mass is 437 g/mol. The van der Waals surface area contributed by atoms with E-state index in [1.54, 1.807) is 6.92 Å². The van der Waals surface area contributed by atoms with Crippen LogP contribution in [0.3, 0.4) is 0 Å². The van der Waals surface area contributed by atoms with Crippen LogP contribution in [0.2, 0.25) is 0 Å². The number of H-pyrrole nitrogens is 1. The SMILES string of the molecule is CC(Oc1ccc2ccc(Br)cc2c1)C(=O)NCCc1nc2ccccc2[nH]1. The smallest absolute Gasteiger partial charge is 0.260 e. The van der Waals surface area contributed by atoms with Crippen LogP contribution in [0.5, 0.6) is 5.75 Å². The Labute approximate surface area is 171 Å². The van der Waals surface area contributed by atoms with E-state index in [2.05, 4.69) is 31.2 Å². The van der Waals surface area contributed by atoms with Gasteiger partial charge in [0.1, 0.15) is 11.6 Å². The highest BCUT2D eigenvalue weighted by atomic mass is 79.9. The number of amides is 1. The Kier molecular flexibility index (Phi) is 5.30. The van der Waals surface area contributed by atoms with Crippen molar-refractivity contribution in [3.63, 3.8) is 0 Å². The lowest BCUT2D eigenvalue weighted by Gasteiger charge is -2.15. The normalized spacial score (nSPS) is 12.2. The molecule has 4 rings (SSSR count). The van der Waals surface area contributed by atoms with E-state index in [-0.39, 0.29) is 5.91 Å². The summed E-state index contributed by atoms with van der Waals surface area (Å²) < 4.78 is 6.83. The number of hydrogen-bond donors (Lipinski definition) is 2. The van der Waals surface area contributed by atoms with Crippen LogP contribution < -0.4 is 10.1 Å². The van der Waals surface area contributed by atoms with Crippen LogP contribution in [0.25, 0.3) is 21.8 Å². The molecule has 6 heteroatoms. The van der Waals surface area contributed by atoms with E-state index in [1.165, 1.54) is 0 Å². The maximum Gasteiger partial charge on any atom is 0.260 e. The number of aromatic nitrogens is 2. The van der Waals surface area contributed by atoms with Crippen molar-refractivity contribution in [2.45, 2.75) is 19.4 Å². The molecule has 3 aromatic carbocycles. The van der Waals surface area contributed by atoms with Gasteiger partial charge in [0.2, 0.25) is 0 Å². The molecule has 1 unspecified atom stereocenters. The Morgan fingerprint density at radius 1 is 1.14 bits per heavy atom. The summed E-state index contributed by atoms with van der Waals surface area (Å²) in [6, 6.07) is 19.8. The molecule has 28 heavy (non-hydrogen) atoms. The van der Waals surface area contributed by atoms with Crippen LogP contribution in [-0.2, 0) is 11.2 Å². The number of ether oxygens (including phenoxy) is 1. The predicted molar refractivity (Wildman–Crippen MR) is 115 cm³/mol. The minimum absolute atomic E-state index is 0.148. The van der Waals surface area contributed by atoms with Crippen LogP contribution in [0, 0.1) is 0 Å². The molecular weight excluding hydrogens is 418 g/mol. The highest BCUT2D eigenvalue weighted by molar-refractivity contribution is 9.10. The Hall–Kier alpha value is -2.86. The van der Waals surface area contributed by atoms with Crippen LogP contribution in [-0.4, -0.2) is 28.5 Å². The lowest BCUT2D eigenvalue weighted by Crippen LogP contribution is -2.37. The van der Waals surface area contributed by atoms with Crippen molar-refractivity contribution in [2.24, 2.45) is 0 Å². The van der Waals surface area contributed by atoms with E-state index in [0.29, 0.717) is 18.7 Å².